The molecule has 1 aromatic carbocycles. The number of phenols is 1. The number of benzene rings is 1. The molecular formula is C10H11FO3. The fourth-order valence-corrected chi connectivity index (χ4v) is 1.15. The maximum absolute atomic E-state index is 13.1. The Morgan fingerprint density at radius 1 is 1.57 bits per heavy atom. The molecule has 1 aromatic rings. The molecule has 0 aromatic heterocycles. The molecule has 0 atom stereocenters. The van der Waals surface area contributed by atoms with E-state index in [9.17, 15) is 14.3 Å². The second-order valence-electron chi connectivity index (χ2n) is 2.76. The predicted molar refractivity (Wildman–Crippen MR) is 49.2 cm³/mol. The lowest BCUT2D eigenvalue weighted by Gasteiger charge is -2.08. The summed E-state index contributed by atoms with van der Waals surface area (Å²) < 4.78 is 18.1. The van der Waals surface area contributed by atoms with Crippen LogP contribution in [-0.2, 0) is 0 Å². The zero-order valence-electron chi connectivity index (χ0n) is 8.00. The molecule has 0 aliphatic carbocycles. The van der Waals surface area contributed by atoms with E-state index in [4.69, 9.17) is 4.74 Å². The molecule has 0 aliphatic rings. The minimum Gasteiger partial charge on any atom is -0.504 e. The van der Waals surface area contributed by atoms with Gasteiger partial charge >= 0.3 is 0 Å². The van der Waals surface area contributed by atoms with Crippen molar-refractivity contribution in [3.05, 3.63) is 23.5 Å². The number of ketones is 1. The van der Waals surface area contributed by atoms with Crippen molar-refractivity contribution in [2.24, 2.45) is 0 Å². The van der Waals surface area contributed by atoms with Crippen LogP contribution in [-0.4, -0.2) is 17.5 Å². The Labute approximate surface area is 81.1 Å². The fraction of sp³-hybridized carbons (Fsp3) is 0.300. The van der Waals surface area contributed by atoms with Gasteiger partial charge in [0.15, 0.2) is 17.3 Å². The van der Waals surface area contributed by atoms with E-state index in [1.54, 1.807) is 6.92 Å². The molecule has 0 heterocycles. The normalized spacial score (nSPS) is 9.93. The zero-order chi connectivity index (χ0) is 10.7. The van der Waals surface area contributed by atoms with E-state index in [1.165, 1.54) is 13.0 Å². The van der Waals surface area contributed by atoms with Gasteiger partial charge in [0.25, 0.3) is 0 Å². The van der Waals surface area contributed by atoms with Gasteiger partial charge in [0, 0.05) is 0 Å². The minimum atomic E-state index is -0.738. The van der Waals surface area contributed by atoms with E-state index in [0.29, 0.717) is 6.61 Å². The Hall–Kier alpha value is -1.58. The minimum absolute atomic E-state index is 0.124. The summed E-state index contributed by atoms with van der Waals surface area (Å²) in [4.78, 5) is 11.0. The number of Topliss-reactive ketones (excluding diaryl/α,β-unsaturated/α-hetero) is 1. The Balaban J connectivity index is 3.26. The van der Waals surface area contributed by atoms with Gasteiger partial charge in [-0.1, -0.05) is 0 Å². The summed E-state index contributed by atoms with van der Waals surface area (Å²) in [6.07, 6.45) is 0. The number of rotatable bonds is 3. The topological polar surface area (TPSA) is 46.5 Å². The summed E-state index contributed by atoms with van der Waals surface area (Å²) in [6.45, 7) is 3.26. The standard InChI is InChI=1S/C10H11FO3/c1-3-14-8-5-4-7(11)9(6(2)12)10(8)13/h4-5,13H,3H2,1-2H3. The first-order valence-electron chi connectivity index (χ1n) is 4.23. The van der Waals surface area contributed by atoms with Gasteiger partial charge in [-0.25, -0.2) is 4.39 Å². The van der Waals surface area contributed by atoms with E-state index in [0.717, 1.165) is 6.07 Å². The van der Waals surface area contributed by atoms with Crippen LogP contribution in [0, 0.1) is 5.82 Å². The first-order valence-corrected chi connectivity index (χ1v) is 4.23. The van der Waals surface area contributed by atoms with Gasteiger partial charge in [-0.2, -0.15) is 0 Å². The second-order valence-corrected chi connectivity index (χ2v) is 2.76. The maximum atomic E-state index is 13.1. The van der Waals surface area contributed by atoms with E-state index in [-0.39, 0.29) is 11.3 Å². The molecule has 0 aliphatic heterocycles. The number of phenolic OH excluding ortho intramolecular Hbond substituents is 1. The van der Waals surface area contributed by atoms with Crippen LogP contribution in [0.5, 0.6) is 11.5 Å². The average molecular weight is 198 g/mol. The second kappa shape index (κ2) is 4.09. The maximum Gasteiger partial charge on any atom is 0.171 e. The summed E-state index contributed by atoms with van der Waals surface area (Å²) >= 11 is 0. The zero-order valence-corrected chi connectivity index (χ0v) is 8.00. The first kappa shape index (κ1) is 10.5. The molecule has 14 heavy (non-hydrogen) atoms. The molecule has 0 spiro atoms. The molecule has 0 radical (unpaired) electrons. The van der Waals surface area contributed by atoms with Crippen molar-refractivity contribution in [1.29, 1.82) is 0 Å². The number of ether oxygens (including phenoxy) is 1. The molecule has 0 saturated carbocycles. The molecule has 0 unspecified atom stereocenters. The van der Waals surface area contributed by atoms with Crippen molar-refractivity contribution in [2.45, 2.75) is 13.8 Å². The van der Waals surface area contributed by atoms with E-state index < -0.39 is 17.3 Å². The third-order valence-electron chi connectivity index (χ3n) is 1.74. The van der Waals surface area contributed by atoms with Gasteiger partial charge in [-0.3, -0.25) is 4.79 Å². The summed E-state index contributed by atoms with van der Waals surface area (Å²) in [7, 11) is 0. The number of hydrogen-bond donors (Lipinski definition) is 1. The lowest BCUT2D eigenvalue weighted by atomic mass is 10.1. The van der Waals surface area contributed by atoms with Gasteiger partial charge in [-0.05, 0) is 26.0 Å². The third-order valence-corrected chi connectivity index (χ3v) is 1.74. The predicted octanol–water partition coefficient (Wildman–Crippen LogP) is 2.13. The molecule has 76 valence electrons. The van der Waals surface area contributed by atoms with Crippen LogP contribution in [0.15, 0.2) is 12.1 Å². The van der Waals surface area contributed by atoms with Gasteiger partial charge in [0.1, 0.15) is 5.82 Å². The monoisotopic (exact) mass is 198 g/mol. The highest BCUT2D eigenvalue weighted by Crippen LogP contribution is 2.31. The van der Waals surface area contributed by atoms with Crippen molar-refractivity contribution < 1.29 is 19.0 Å². The van der Waals surface area contributed by atoms with Crippen LogP contribution in [0.1, 0.15) is 24.2 Å². The highest BCUT2D eigenvalue weighted by atomic mass is 19.1. The Morgan fingerprint density at radius 3 is 2.71 bits per heavy atom. The van der Waals surface area contributed by atoms with E-state index >= 15 is 0 Å². The van der Waals surface area contributed by atoms with Crippen molar-refractivity contribution in [3.63, 3.8) is 0 Å². The summed E-state index contributed by atoms with van der Waals surface area (Å²) in [5.41, 5.74) is -0.323. The summed E-state index contributed by atoms with van der Waals surface area (Å²) in [6, 6.07) is 2.39. The number of hydrogen-bond acceptors (Lipinski definition) is 3. The molecule has 0 saturated heterocycles. The third kappa shape index (κ3) is 1.84. The summed E-state index contributed by atoms with van der Waals surface area (Å²) in [5, 5.41) is 9.49. The van der Waals surface area contributed by atoms with Gasteiger partial charge in [-0.15, -0.1) is 0 Å². The van der Waals surface area contributed by atoms with Crippen molar-refractivity contribution in [3.8, 4) is 11.5 Å². The highest BCUT2D eigenvalue weighted by molar-refractivity contribution is 5.97. The molecular weight excluding hydrogens is 187 g/mol. The van der Waals surface area contributed by atoms with Crippen molar-refractivity contribution >= 4 is 5.78 Å². The largest absolute Gasteiger partial charge is 0.504 e. The van der Waals surface area contributed by atoms with E-state index in [1.807, 2.05) is 0 Å². The quantitative estimate of drug-likeness (QED) is 0.757. The molecule has 3 nitrogen and oxygen atoms in total. The van der Waals surface area contributed by atoms with Crippen LogP contribution in [0.25, 0.3) is 0 Å². The molecule has 0 fully saturated rings. The average Bonchev–Trinajstić information content (AvgIpc) is 2.10. The molecule has 0 amide bonds. The number of aromatic hydroxyl groups is 1. The lowest BCUT2D eigenvalue weighted by molar-refractivity contribution is 0.101. The Morgan fingerprint density at radius 2 is 2.21 bits per heavy atom. The van der Waals surface area contributed by atoms with Gasteiger partial charge in [0.2, 0.25) is 0 Å². The number of carbonyl (C=O) groups is 1. The molecule has 4 heteroatoms. The molecule has 0 bridgehead atoms. The van der Waals surface area contributed by atoms with Crippen molar-refractivity contribution in [2.75, 3.05) is 6.61 Å². The van der Waals surface area contributed by atoms with Crippen LogP contribution in [0.3, 0.4) is 0 Å². The summed E-state index contributed by atoms with van der Waals surface area (Å²) in [5.74, 6) is -1.57. The highest BCUT2D eigenvalue weighted by Gasteiger charge is 2.16. The van der Waals surface area contributed by atoms with Crippen LogP contribution in [0.4, 0.5) is 4.39 Å². The van der Waals surface area contributed by atoms with Crippen LogP contribution >= 0.6 is 0 Å². The SMILES string of the molecule is CCOc1ccc(F)c(C(C)=O)c1O. The lowest BCUT2D eigenvalue weighted by Crippen LogP contribution is -2.00. The van der Waals surface area contributed by atoms with Gasteiger partial charge < -0.3 is 9.84 Å². The number of carbonyl (C=O) groups excluding carboxylic acids is 1. The Bertz CT molecular complexity index is 361. The fourth-order valence-electron chi connectivity index (χ4n) is 1.15. The van der Waals surface area contributed by atoms with Gasteiger partial charge in [0.05, 0.1) is 12.2 Å². The first-order chi connectivity index (χ1) is 6.57. The number of halogens is 1. The van der Waals surface area contributed by atoms with Crippen molar-refractivity contribution in [1.82, 2.24) is 0 Å². The molecule has 1 N–H and O–H groups in total. The Kier molecular flexibility index (Phi) is 3.06. The van der Waals surface area contributed by atoms with E-state index in [2.05, 4.69) is 0 Å². The van der Waals surface area contributed by atoms with Crippen LogP contribution in [0.2, 0.25) is 0 Å². The molecule has 1 rings (SSSR count). The smallest absolute Gasteiger partial charge is 0.171 e. The van der Waals surface area contributed by atoms with Crippen LogP contribution < -0.4 is 4.74 Å².